The molecule has 0 saturated heterocycles. The lowest BCUT2D eigenvalue weighted by Gasteiger charge is -2.19. The van der Waals surface area contributed by atoms with Gasteiger partial charge < -0.3 is 15.2 Å². The van der Waals surface area contributed by atoms with Gasteiger partial charge in [-0.25, -0.2) is 0 Å². The summed E-state index contributed by atoms with van der Waals surface area (Å²) in [5.41, 5.74) is 5.75. The highest BCUT2D eigenvalue weighted by Crippen LogP contribution is 2.29. The van der Waals surface area contributed by atoms with Gasteiger partial charge in [0.05, 0.1) is 12.7 Å². The van der Waals surface area contributed by atoms with E-state index in [1.165, 1.54) is 6.42 Å². The zero-order valence-corrected chi connectivity index (χ0v) is 11.1. The Balaban J connectivity index is 2.08. The molecule has 2 N–H and O–H groups in total. The fraction of sp³-hybridized carbons (Fsp3) is 0.692. The molecule has 0 amide bonds. The first-order chi connectivity index (χ1) is 8.72. The van der Waals surface area contributed by atoms with Crippen LogP contribution < -0.4 is 15.2 Å². The third-order valence-electron chi connectivity index (χ3n) is 3.25. The number of nitrogens with zero attached hydrogens (tertiary/aromatic N) is 2. The van der Waals surface area contributed by atoms with E-state index in [1.54, 1.807) is 6.07 Å². The molecule has 5 heteroatoms. The molecule has 1 saturated carbocycles. The Hall–Kier alpha value is -1.36. The maximum absolute atomic E-state index is 5.94. The predicted octanol–water partition coefficient (Wildman–Crippen LogP) is 1.69. The molecule has 0 aromatic carbocycles. The van der Waals surface area contributed by atoms with Crippen LogP contribution in [-0.2, 0) is 0 Å². The summed E-state index contributed by atoms with van der Waals surface area (Å²) in [6.07, 6.45) is 3.55. The van der Waals surface area contributed by atoms with E-state index in [9.17, 15) is 0 Å². The van der Waals surface area contributed by atoms with Gasteiger partial charge in [0, 0.05) is 5.92 Å². The van der Waals surface area contributed by atoms with E-state index in [-0.39, 0.29) is 6.10 Å². The van der Waals surface area contributed by atoms with Crippen LogP contribution >= 0.6 is 0 Å². The number of ether oxygens (including phenoxy) is 2. The summed E-state index contributed by atoms with van der Waals surface area (Å²) < 4.78 is 11.3. The Morgan fingerprint density at radius 3 is 2.83 bits per heavy atom. The molecule has 1 aliphatic carbocycles. The lowest BCUT2D eigenvalue weighted by atomic mass is 10.1. The normalized spacial score (nSPS) is 23.1. The second kappa shape index (κ2) is 6.00. The van der Waals surface area contributed by atoms with E-state index in [0.717, 1.165) is 12.8 Å². The molecule has 0 spiro atoms. The summed E-state index contributed by atoms with van der Waals surface area (Å²) >= 11 is 0. The van der Waals surface area contributed by atoms with Crippen LogP contribution in [0, 0.1) is 12.8 Å². The minimum absolute atomic E-state index is 0.179. The highest BCUT2D eigenvalue weighted by atomic mass is 16.5. The minimum Gasteiger partial charge on any atom is -0.478 e. The van der Waals surface area contributed by atoms with Crippen molar-refractivity contribution < 1.29 is 9.47 Å². The first-order valence-electron chi connectivity index (χ1n) is 6.58. The van der Waals surface area contributed by atoms with Crippen molar-refractivity contribution in [2.45, 2.75) is 39.2 Å². The second-order valence-corrected chi connectivity index (χ2v) is 4.61. The fourth-order valence-corrected chi connectivity index (χ4v) is 2.38. The zero-order chi connectivity index (χ0) is 13.0. The molecule has 1 aliphatic rings. The quantitative estimate of drug-likeness (QED) is 0.862. The van der Waals surface area contributed by atoms with Crippen molar-refractivity contribution in [1.82, 2.24) is 9.97 Å². The predicted molar refractivity (Wildman–Crippen MR) is 68.7 cm³/mol. The van der Waals surface area contributed by atoms with E-state index >= 15 is 0 Å². The summed E-state index contributed by atoms with van der Waals surface area (Å²) in [4.78, 5) is 8.49. The minimum atomic E-state index is 0.179. The van der Waals surface area contributed by atoms with Crippen LogP contribution in [-0.4, -0.2) is 29.2 Å². The molecule has 1 aromatic rings. The SMILES string of the molecule is CCOc1cc(OC2CCCC2CN)nc(C)n1. The van der Waals surface area contributed by atoms with Gasteiger partial charge in [-0.3, -0.25) is 0 Å². The standard InChI is InChI=1S/C13H21N3O2/c1-3-17-12-7-13(16-9(2)15-12)18-11-6-4-5-10(11)8-14/h7,10-11H,3-6,8,14H2,1-2H3. The van der Waals surface area contributed by atoms with Crippen molar-refractivity contribution in [3.8, 4) is 11.8 Å². The van der Waals surface area contributed by atoms with Gasteiger partial charge in [-0.1, -0.05) is 0 Å². The van der Waals surface area contributed by atoms with Crippen molar-refractivity contribution in [1.29, 1.82) is 0 Å². The van der Waals surface area contributed by atoms with Gasteiger partial charge in [-0.15, -0.1) is 0 Å². The zero-order valence-electron chi connectivity index (χ0n) is 11.1. The smallest absolute Gasteiger partial charge is 0.220 e. The van der Waals surface area contributed by atoms with E-state index in [2.05, 4.69) is 9.97 Å². The molecular weight excluding hydrogens is 230 g/mol. The molecule has 0 radical (unpaired) electrons. The van der Waals surface area contributed by atoms with Gasteiger partial charge in [0.1, 0.15) is 11.9 Å². The molecule has 0 aliphatic heterocycles. The van der Waals surface area contributed by atoms with Crippen LogP contribution in [0.5, 0.6) is 11.8 Å². The van der Waals surface area contributed by atoms with Crippen molar-refractivity contribution in [3.05, 3.63) is 11.9 Å². The lowest BCUT2D eigenvalue weighted by Crippen LogP contribution is -2.28. The first-order valence-corrected chi connectivity index (χ1v) is 6.58. The molecule has 2 atom stereocenters. The van der Waals surface area contributed by atoms with Gasteiger partial charge in [0.25, 0.3) is 0 Å². The number of hydrogen-bond donors (Lipinski definition) is 1. The van der Waals surface area contributed by atoms with Crippen molar-refractivity contribution >= 4 is 0 Å². The largest absolute Gasteiger partial charge is 0.478 e. The Kier molecular flexibility index (Phi) is 4.36. The van der Waals surface area contributed by atoms with Gasteiger partial charge in [0.2, 0.25) is 11.8 Å². The fourth-order valence-electron chi connectivity index (χ4n) is 2.38. The first kappa shape index (κ1) is 13.1. The average Bonchev–Trinajstić information content (AvgIpc) is 2.76. The number of nitrogens with two attached hydrogens (primary N) is 1. The second-order valence-electron chi connectivity index (χ2n) is 4.61. The van der Waals surface area contributed by atoms with Gasteiger partial charge in [0.15, 0.2) is 0 Å². The molecule has 1 aromatic heterocycles. The van der Waals surface area contributed by atoms with E-state index in [4.69, 9.17) is 15.2 Å². The Morgan fingerprint density at radius 1 is 1.33 bits per heavy atom. The molecule has 2 rings (SSSR count). The lowest BCUT2D eigenvalue weighted by molar-refractivity contribution is 0.154. The maximum Gasteiger partial charge on any atom is 0.220 e. The van der Waals surface area contributed by atoms with Crippen LogP contribution in [0.2, 0.25) is 0 Å². The summed E-state index contributed by atoms with van der Waals surface area (Å²) in [6.45, 7) is 5.03. The van der Waals surface area contributed by atoms with E-state index in [0.29, 0.717) is 36.7 Å². The van der Waals surface area contributed by atoms with Crippen molar-refractivity contribution in [3.63, 3.8) is 0 Å². The summed E-state index contributed by atoms with van der Waals surface area (Å²) in [5, 5.41) is 0. The molecule has 18 heavy (non-hydrogen) atoms. The van der Waals surface area contributed by atoms with Crippen LogP contribution in [0.15, 0.2) is 6.07 Å². The average molecular weight is 251 g/mol. The molecule has 0 bridgehead atoms. The molecule has 5 nitrogen and oxygen atoms in total. The summed E-state index contributed by atoms with van der Waals surface area (Å²) in [7, 11) is 0. The Morgan fingerprint density at radius 2 is 2.11 bits per heavy atom. The van der Waals surface area contributed by atoms with E-state index in [1.807, 2.05) is 13.8 Å². The molecule has 1 fully saturated rings. The molecule has 100 valence electrons. The third kappa shape index (κ3) is 3.10. The monoisotopic (exact) mass is 251 g/mol. The number of aromatic nitrogens is 2. The topological polar surface area (TPSA) is 70.3 Å². The van der Waals surface area contributed by atoms with Crippen molar-refractivity contribution in [2.24, 2.45) is 11.7 Å². The van der Waals surface area contributed by atoms with Crippen LogP contribution in [0.1, 0.15) is 32.0 Å². The Bertz CT molecular complexity index is 398. The number of aryl methyl sites for hydroxylation is 1. The molecule has 2 unspecified atom stereocenters. The van der Waals surface area contributed by atoms with Gasteiger partial charge in [-0.2, -0.15) is 9.97 Å². The van der Waals surface area contributed by atoms with Crippen molar-refractivity contribution in [2.75, 3.05) is 13.2 Å². The summed E-state index contributed by atoms with van der Waals surface area (Å²) in [5.74, 6) is 2.27. The molecular formula is C13H21N3O2. The van der Waals surface area contributed by atoms with Gasteiger partial charge in [-0.05, 0) is 39.7 Å². The van der Waals surface area contributed by atoms with Crippen LogP contribution in [0.3, 0.4) is 0 Å². The highest BCUT2D eigenvalue weighted by molar-refractivity contribution is 5.21. The Labute approximate surface area is 108 Å². The molecule has 1 heterocycles. The summed E-state index contributed by atoms with van der Waals surface area (Å²) in [6, 6.07) is 1.75. The van der Waals surface area contributed by atoms with E-state index < -0.39 is 0 Å². The highest BCUT2D eigenvalue weighted by Gasteiger charge is 2.28. The van der Waals surface area contributed by atoms with Gasteiger partial charge >= 0.3 is 0 Å². The third-order valence-corrected chi connectivity index (χ3v) is 3.25. The maximum atomic E-state index is 5.94. The number of hydrogen-bond acceptors (Lipinski definition) is 5. The number of rotatable bonds is 5. The van der Waals surface area contributed by atoms with Crippen LogP contribution in [0.4, 0.5) is 0 Å². The van der Waals surface area contributed by atoms with Crippen LogP contribution in [0.25, 0.3) is 0 Å².